The van der Waals surface area contributed by atoms with Crippen LogP contribution < -0.4 is 0 Å². The Bertz CT molecular complexity index is 643. The average Bonchev–Trinajstić information content (AvgIpc) is 2.37. The van der Waals surface area contributed by atoms with E-state index in [2.05, 4.69) is 15.9 Å². The van der Waals surface area contributed by atoms with Gasteiger partial charge < -0.3 is 0 Å². The molecule has 0 atom stereocenters. The average molecular weight is 346 g/mol. The van der Waals surface area contributed by atoms with Gasteiger partial charge in [0, 0.05) is 17.0 Å². The first-order valence-electron chi connectivity index (χ1n) is 5.40. The number of Topliss-reactive ketones (excluding diaryl/α,β-unsaturated/α-hetero) is 1. The van der Waals surface area contributed by atoms with Gasteiger partial charge in [0.2, 0.25) is 0 Å². The maximum absolute atomic E-state index is 13.3. The maximum atomic E-state index is 13.3. The zero-order valence-electron chi connectivity index (χ0n) is 9.59. The Morgan fingerprint density at radius 3 is 2.68 bits per heavy atom. The van der Waals surface area contributed by atoms with Crippen molar-refractivity contribution in [3.05, 3.63) is 68.7 Å². The Hall–Kier alpha value is -1.26. The minimum atomic E-state index is -0.517. The first kappa shape index (κ1) is 14.2. The molecule has 0 aliphatic rings. The first-order chi connectivity index (χ1) is 8.99. The summed E-state index contributed by atoms with van der Waals surface area (Å²) in [7, 11) is 0. The van der Waals surface area contributed by atoms with E-state index in [1.54, 1.807) is 0 Å². The molecule has 2 rings (SSSR count). The molecule has 0 fully saturated rings. The van der Waals surface area contributed by atoms with Crippen molar-refractivity contribution in [2.75, 3.05) is 0 Å². The summed E-state index contributed by atoms with van der Waals surface area (Å²) in [4.78, 5) is 12.1. The lowest BCUT2D eigenvalue weighted by Gasteiger charge is -2.06. The van der Waals surface area contributed by atoms with Crippen molar-refractivity contribution in [1.82, 2.24) is 0 Å². The van der Waals surface area contributed by atoms with Crippen LogP contribution in [0.1, 0.15) is 15.9 Å². The van der Waals surface area contributed by atoms with Crippen molar-refractivity contribution in [3.63, 3.8) is 0 Å². The van der Waals surface area contributed by atoms with Crippen LogP contribution in [0.4, 0.5) is 8.78 Å². The molecule has 2 aromatic carbocycles. The Labute approximate surface area is 122 Å². The van der Waals surface area contributed by atoms with Gasteiger partial charge in [-0.05, 0) is 45.8 Å². The maximum Gasteiger partial charge on any atom is 0.168 e. The molecule has 0 aromatic heterocycles. The monoisotopic (exact) mass is 344 g/mol. The van der Waals surface area contributed by atoms with Gasteiger partial charge in [0.05, 0.1) is 4.47 Å². The van der Waals surface area contributed by atoms with E-state index in [-0.39, 0.29) is 22.2 Å². The lowest BCUT2D eigenvalue weighted by atomic mass is 10.0. The number of carbonyl (C=O) groups is 1. The van der Waals surface area contributed by atoms with Crippen LogP contribution in [0.15, 0.2) is 40.9 Å². The lowest BCUT2D eigenvalue weighted by Crippen LogP contribution is -2.06. The molecule has 0 N–H and O–H groups in total. The van der Waals surface area contributed by atoms with Gasteiger partial charge in [0.25, 0.3) is 0 Å². The summed E-state index contributed by atoms with van der Waals surface area (Å²) in [5.41, 5.74) is 0.586. The third-order valence-corrected chi connectivity index (χ3v) is 3.79. The smallest absolute Gasteiger partial charge is 0.168 e. The summed E-state index contributed by atoms with van der Waals surface area (Å²) in [6, 6.07) is 8.00. The van der Waals surface area contributed by atoms with Gasteiger partial charge in [-0.25, -0.2) is 8.78 Å². The number of benzene rings is 2. The van der Waals surface area contributed by atoms with E-state index in [4.69, 9.17) is 11.6 Å². The molecule has 0 aliphatic heterocycles. The number of hydrogen-bond donors (Lipinski definition) is 0. The molecule has 0 radical (unpaired) electrons. The molecule has 0 unspecified atom stereocenters. The van der Waals surface area contributed by atoms with Crippen molar-refractivity contribution in [2.45, 2.75) is 6.42 Å². The number of rotatable bonds is 3. The minimum absolute atomic E-state index is 0.0847. The van der Waals surface area contributed by atoms with Crippen LogP contribution in [0.25, 0.3) is 0 Å². The molecule has 1 nitrogen and oxygen atoms in total. The van der Waals surface area contributed by atoms with Crippen LogP contribution in [-0.4, -0.2) is 5.78 Å². The van der Waals surface area contributed by atoms with Gasteiger partial charge in [0.1, 0.15) is 11.6 Å². The number of halogens is 4. The van der Waals surface area contributed by atoms with Crippen LogP contribution in [0.2, 0.25) is 5.02 Å². The largest absolute Gasteiger partial charge is 0.294 e. The fourth-order valence-corrected chi connectivity index (χ4v) is 2.34. The Morgan fingerprint density at radius 1 is 1.21 bits per heavy atom. The van der Waals surface area contributed by atoms with E-state index < -0.39 is 11.6 Å². The molecule has 0 saturated heterocycles. The van der Waals surface area contributed by atoms with Crippen molar-refractivity contribution in [3.8, 4) is 0 Å². The SMILES string of the molecule is O=C(Cc1cc(F)ccc1Cl)c1cccc(F)c1Br. The highest BCUT2D eigenvalue weighted by Gasteiger charge is 2.15. The summed E-state index contributed by atoms with van der Waals surface area (Å²) in [5.74, 6) is -1.32. The third kappa shape index (κ3) is 3.19. The summed E-state index contributed by atoms with van der Waals surface area (Å²) < 4.78 is 26.5. The van der Waals surface area contributed by atoms with Crippen molar-refractivity contribution >= 4 is 33.3 Å². The van der Waals surface area contributed by atoms with E-state index in [1.807, 2.05) is 0 Å². The van der Waals surface area contributed by atoms with Crippen LogP contribution >= 0.6 is 27.5 Å². The van der Waals surface area contributed by atoms with Gasteiger partial charge in [-0.3, -0.25) is 4.79 Å². The van der Waals surface area contributed by atoms with Gasteiger partial charge in [0.15, 0.2) is 5.78 Å². The highest BCUT2D eigenvalue weighted by Crippen LogP contribution is 2.24. The van der Waals surface area contributed by atoms with E-state index >= 15 is 0 Å². The molecule has 2 aromatic rings. The zero-order valence-corrected chi connectivity index (χ0v) is 11.9. The Morgan fingerprint density at radius 2 is 1.95 bits per heavy atom. The van der Waals surface area contributed by atoms with Crippen molar-refractivity contribution in [2.24, 2.45) is 0 Å². The summed E-state index contributed by atoms with van der Waals surface area (Å²) in [5, 5.41) is 0.308. The predicted molar refractivity (Wildman–Crippen MR) is 73.5 cm³/mol. The topological polar surface area (TPSA) is 17.1 Å². The second-order valence-electron chi connectivity index (χ2n) is 3.94. The van der Waals surface area contributed by atoms with Crippen LogP contribution in [0, 0.1) is 11.6 Å². The number of hydrogen-bond acceptors (Lipinski definition) is 1. The molecular formula is C14H8BrClF2O. The molecule has 98 valence electrons. The summed E-state index contributed by atoms with van der Waals surface area (Å²) in [6.07, 6.45) is -0.0847. The molecule has 19 heavy (non-hydrogen) atoms. The Kier molecular flexibility index (Phi) is 4.32. The van der Waals surface area contributed by atoms with Crippen LogP contribution in [0.5, 0.6) is 0 Å². The van der Waals surface area contributed by atoms with Gasteiger partial charge in [-0.2, -0.15) is 0 Å². The highest BCUT2D eigenvalue weighted by molar-refractivity contribution is 9.10. The van der Waals surface area contributed by atoms with Crippen molar-refractivity contribution in [1.29, 1.82) is 0 Å². The second-order valence-corrected chi connectivity index (χ2v) is 5.14. The fourth-order valence-electron chi connectivity index (χ4n) is 1.67. The van der Waals surface area contributed by atoms with Crippen LogP contribution in [-0.2, 0) is 6.42 Å². The molecule has 0 saturated carbocycles. The first-order valence-corrected chi connectivity index (χ1v) is 6.57. The van der Waals surface area contributed by atoms with E-state index in [9.17, 15) is 13.6 Å². The van der Waals surface area contributed by atoms with E-state index in [0.717, 1.165) is 0 Å². The van der Waals surface area contributed by atoms with Gasteiger partial charge >= 0.3 is 0 Å². The summed E-state index contributed by atoms with van der Waals surface area (Å²) in [6.45, 7) is 0. The molecular weight excluding hydrogens is 338 g/mol. The molecule has 0 heterocycles. The normalized spacial score (nSPS) is 10.5. The van der Waals surface area contributed by atoms with Gasteiger partial charge in [-0.1, -0.05) is 23.7 Å². The molecule has 0 spiro atoms. The van der Waals surface area contributed by atoms with E-state index in [1.165, 1.54) is 36.4 Å². The predicted octanol–water partition coefficient (Wildman–Crippen LogP) is 4.81. The van der Waals surface area contributed by atoms with Gasteiger partial charge in [-0.15, -0.1) is 0 Å². The zero-order chi connectivity index (χ0) is 14.0. The lowest BCUT2D eigenvalue weighted by molar-refractivity contribution is 0.0991. The van der Waals surface area contributed by atoms with Crippen LogP contribution in [0.3, 0.4) is 0 Å². The molecule has 5 heteroatoms. The minimum Gasteiger partial charge on any atom is -0.294 e. The second kappa shape index (κ2) is 5.80. The fraction of sp³-hybridized carbons (Fsp3) is 0.0714. The number of ketones is 1. The molecule has 0 bridgehead atoms. The highest BCUT2D eigenvalue weighted by atomic mass is 79.9. The Balaban J connectivity index is 2.31. The summed E-state index contributed by atoms with van der Waals surface area (Å²) >= 11 is 8.92. The van der Waals surface area contributed by atoms with E-state index in [0.29, 0.717) is 10.6 Å². The quantitative estimate of drug-likeness (QED) is 0.730. The third-order valence-electron chi connectivity index (χ3n) is 2.61. The molecule has 0 amide bonds. The molecule has 0 aliphatic carbocycles. The standard InChI is InChI=1S/C14H8BrClF2O/c15-14-10(2-1-3-12(14)18)13(19)7-8-6-9(17)4-5-11(8)16/h1-6H,7H2. The van der Waals surface area contributed by atoms with Crippen molar-refractivity contribution < 1.29 is 13.6 Å². The number of carbonyl (C=O) groups excluding carboxylic acids is 1.